The Hall–Kier alpha value is -3.48. The molecule has 0 aliphatic heterocycles. The number of amides is 1. The summed E-state index contributed by atoms with van der Waals surface area (Å²) < 4.78 is 3.88. The van der Waals surface area contributed by atoms with E-state index in [0.29, 0.717) is 12.8 Å². The zero-order valence-electron chi connectivity index (χ0n) is 17.1. The van der Waals surface area contributed by atoms with Crippen LogP contribution in [-0.4, -0.2) is 49.1 Å². The van der Waals surface area contributed by atoms with Gasteiger partial charge in [-0.3, -0.25) is 9.36 Å². The number of para-hydroxylation sites is 1. The van der Waals surface area contributed by atoms with Gasteiger partial charge in [-0.25, -0.2) is 14.5 Å². The first-order valence-electron chi connectivity index (χ1n) is 9.60. The SMILES string of the molecule is Cc1cc(C)n2ncc(-c3nccn3-c3ccccc3CCC(=O)N(C)C)c2n1. The number of imidazole rings is 1. The van der Waals surface area contributed by atoms with Crippen molar-refractivity contribution in [2.45, 2.75) is 26.7 Å². The van der Waals surface area contributed by atoms with E-state index in [-0.39, 0.29) is 5.91 Å². The van der Waals surface area contributed by atoms with Crippen molar-refractivity contribution in [3.63, 3.8) is 0 Å². The lowest BCUT2D eigenvalue weighted by atomic mass is 10.1. The molecule has 4 aromatic rings. The first-order chi connectivity index (χ1) is 14.0. The summed E-state index contributed by atoms with van der Waals surface area (Å²) >= 11 is 0. The number of aryl methyl sites for hydroxylation is 3. The van der Waals surface area contributed by atoms with Crippen molar-refractivity contribution in [2.75, 3.05) is 14.1 Å². The van der Waals surface area contributed by atoms with Crippen LogP contribution in [0, 0.1) is 13.8 Å². The molecule has 0 saturated heterocycles. The number of hydrogen-bond donors (Lipinski definition) is 0. The number of fused-ring (bicyclic) bond motifs is 1. The van der Waals surface area contributed by atoms with Gasteiger partial charge in [-0.2, -0.15) is 5.10 Å². The predicted molar refractivity (Wildman–Crippen MR) is 112 cm³/mol. The van der Waals surface area contributed by atoms with E-state index in [0.717, 1.165) is 39.7 Å². The van der Waals surface area contributed by atoms with Crippen molar-refractivity contribution in [2.24, 2.45) is 0 Å². The van der Waals surface area contributed by atoms with Gasteiger partial charge in [-0.05, 0) is 38.0 Å². The molecule has 0 atom stereocenters. The number of hydrogen-bond acceptors (Lipinski definition) is 4. The van der Waals surface area contributed by atoms with Crippen LogP contribution in [0.25, 0.3) is 22.7 Å². The summed E-state index contributed by atoms with van der Waals surface area (Å²) in [5, 5.41) is 4.50. The smallest absolute Gasteiger partial charge is 0.222 e. The first kappa shape index (κ1) is 18.9. The molecular formula is C22H24N6O. The van der Waals surface area contributed by atoms with Crippen LogP contribution in [0.2, 0.25) is 0 Å². The zero-order chi connectivity index (χ0) is 20.5. The minimum atomic E-state index is 0.114. The molecule has 0 aliphatic carbocycles. The second kappa shape index (κ2) is 7.50. The molecule has 29 heavy (non-hydrogen) atoms. The molecule has 0 unspecified atom stereocenters. The van der Waals surface area contributed by atoms with Crippen molar-refractivity contribution in [1.82, 2.24) is 29.0 Å². The molecule has 1 aromatic carbocycles. The van der Waals surface area contributed by atoms with Gasteiger partial charge in [-0.1, -0.05) is 18.2 Å². The maximum Gasteiger partial charge on any atom is 0.222 e. The van der Waals surface area contributed by atoms with Crippen LogP contribution in [0.5, 0.6) is 0 Å². The normalized spacial score (nSPS) is 11.2. The van der Waals surface area contributed by atoms with Crippen LogP contribution in [0.1, 0.15) is 23.4 Å². The minimum Gasteiger partial charge on any atom is -0.349 e. The van der Waals surface area contributed by atoms with Gasteiger partial charge in [0.2, 0.25) is 5.91 Å². The highest BCUT2D eigenvalue weighted by atomic mass is 16.2. The topological polar surface area (TPSA) is 68.3 Å². The lowest BCUT2D eigenvalue weighted by Gasteiger charge is -2.14. The van der Waals surface area contributed by atoms with Crippen LogP contribution in [-0.2, 0) is 11.2 Å². The molecule has 7 heteroatoms. The largest absolute Gasteiger partial charge is 0.349 e. The molecule has 0 radical (unpaired) electrons. The molecule has 0 N–H and O–H groups in total. The molecule has 0 aliphatic rings. The fraction of sp³-hybridized carbons (Fsp3) is 0.273. The molecule has 3 heterocycles. The minimum absolute atomic E-state index is 0.114. The molecule has 148 valence electrons. The van der Waals surface area contributed by atoms with Gasteiger partial charge < -0.3 is 4.90 Å². The van der Waals surface area contributed by atoms with E-state index in [1.54, 1.807) is 25.2 Å². The highest BCUT2D eigenvalue weighted by Crippen LogP contribution is 2.27. The van der Waals surface area contributed by atoms with Gasteiger partial charge in [0.15, 0.2) is 5.65 Å². The average Bonchev–Trinajstić information content (AvgIpc) is 3.32. The third kappa shape index (κ3) is 3.51. The molecular weight excluding hydrogens is 364 g/mol. The number of nitrogens with zero attached hydrogens (tertiary/aromatic N) is 6. The lowest BCUT2D eigenvalue weighted by Crippen LogP contribution is -2.22. The van der Waals surface area contributed by atoms with Crippen molar-refractivity contribution >= 4 is 11.6 Å². The summed E-state index contributed by atoms with van der Waals surface area (Å²) in [6.45, 7) is 4.00. The number of carbonyl (C=O) groups is 1. The van der Waals surface area contributed by atoms with E-state index in [9.17, 15) is 4.79 Å². The van der Waals surface area contributed by atoms with Gasteiger partial charge in [0, 0.05) is 44.3 Å². The molecule has 1 amide bonds. The van der Waals surface area contributed by atoms with Gasteiger partial charge >= 0.3 is 0 Å². The van der Waals surface area contributed by atoms with E-state index in [1.807, 2.05) is 53.5 Å². The Bertz CT molecular complexity index is 1190. The molecule has 7 nitrogen and oxygen atoms in total. The predicted octanol–water partition coefficient (Wildman–Crippen LogP) is 3.22. The Labute approximate surface area is 169 Å². The van der Waals surface area contributed by atoms with Gasteiger partial charge in [-0.15, -0.1) is 0 Å². The summed E-state index contributed by atoms with van der Waals surface area (Å²) in [4.78, 5) is 23.0. The lowest BCUT2D eigenvalue weighted by molar-refractivity contribution is -0.128. The summed E-state index contributed by atoms with van der Waals surface area (Å²) in [5.41, 5.74) is 5.74. The second-order valence-corrected chi connectivity index (χ2v) is 7.37. The fourth-order valence-corrected chi connectivity index (χ4v) is 3.55. The van der Waals surface area contributed by atoms with Gasteiger partial charge in [0.05, 0.1) is 17.4 Å². The monoisotopic (exact) mass is 388 g/mol. The maximum atomic E-state index is 12.1. The summed E-state index contributed by atoms with van der Waals surface area (Å²) in [6, 6.07) is 10.1. The van der Waals surface area contributed by atoms with Crippen LogP contribution in [0.15, 0.2) is 48.9 Å². The van der Waals surface area contributed by atoms with Gasteiger partial charge in [0.25, 0.3) is 0 Å². The Kier molecular flexibility index (Phi) is 4.88. The number of benzene rings is 1. The molecule has 0 saturated carbocycles. The van der Waals surface area contributed by atoms with Crippen LogP contribution in [0.4, 0.5) is 0 Å². The molecule has 0 spiro atoms. The Morgan fingerprint density at radius 1 is 1.17 bits per heavy atom. The maximum absolute atomic E-state index is 12.1. The fourth-order valence-electron chi connectivity index (χ4n) is 3.55. The van der Waals surface area contributed by atoms with Crippen LogP contribution in [0.3, 0.4) is 0 Å². The molecule has 0 fully saturated rings. The first-order valence-corrected chi connectivity index (χ1v) is 9.60. The zero-order valence-corrected chi connectivity index (χ0v) is 17.1. The Morgan fingerprint density at radius 3 is 2.76 bits per heavy atom. The summed E-state index contributed by atoms with van der Waals surface area (Å²) in [7, 11) is 3.56. The Balaban J connectivity index is 1.78. The average molecular weight is 388 g/mol. The van der Waals surface area contributed by atoms with E-state index in [1.165, 1.54) is 0 Å². The number of rotatable bonds is 5. The second-order valence-electron chi connectivity index (χ2n) is 7.37. The molecule has 4 rings (SSSR count). The third-order valence-corrected chi connectivity index (χ3v) is 5.02. The molecule has 3 aromatic heterocycles. The van der Waals surface area contributed by atoms with E-state index < -0.39 is 0 Å². The standard InChI is InChI=1S/C22H24N6O/c1-15-13-16(2)28-22(25-15)18(14-24-28)21-23-11-12-27(21)19-8-6-5-7-17(19)9-10-20(29)26(3)4/h5-8,11-14H,9-10H2,1-4H3. The summed E-state index contributed by atoms with van der Waals surface area (Å²) in [5.74, 6) is 0.896. The van der Waals surface area contributed by atoms with Gasteiger partial charge in [0.1, 0.15) is 5.82 Å². The number of aromatic nitrogens is 5. The quantitative estimate of drug-likeness (QED) is 0.526. The summed E-state index contributed by atoms with van der Waals surface area (Å²) in [6.07, 6.45) is 6.66. The van der Waals surface area contributed by atoms with Crippen LogP contribution >= 0.6 is 0 Å². The number of carbonyl (C=O) groups excluding carboxylic acids is 1. The third-order valence-electron chi connectivity index (χ3n) is 5.02. The highest BCUT2D eigenvalue weighted by Gasteiger charge is 2.17. The van der Waals surface area contributed by atoms with Crippen molar-refractivity contribution in [3.05, 3.63) is 65.9 Å². The van der Waals surface area contributed by atoms with E-state index >= 15 is 0 Å². The van der Waals surface area contributed by atoms with E-state index in [2.05, 4.69) is 27.2 Å². The molecule has 0 bridgehead atoms. The van der Waals surface area contributed by atoms with E-state index in [4.69, 9.17) is 0 Å². The van der Waals surface area contributed by atoms with Crippen molar-refractivity contribution < 1.29 is 4.79 Å². The van der Waals surface area contributed by atoms with Crippen LogP contribution < -0.4 is 0 Å². The highest BCUT2D eigenvalue weighted by molar-refractivity contribution is 5.76. The Morgan fingerprint density at radius 2 is 1.97 bits per heavy atom. The van der Waals surface area contributed by atoms with Crippen molar-refractivity contribution in [3.8, 4) is 17.1 Å². The van der Waals surface area contributed by atoms with Crippen molar-refractivity contribution in [1.29, 1.82) is 0 Å².